The SMILES string of the molecule is COc1c(Cl)cc(C)cc1/C(O)=C1\C(=O)C(=O)N(Cc2ccco2)C1c1ccc(C(C)C)cc1. The van der Waals surface area contributed by atoms with Gasteiger partial charge in [0, 0.05) is 0 Å². The zero-order valence-corrected chi connectivity index (χ0v) is 20.2. The van der Waals surface area contributed by atoms with Crippen molar-refractivity contribution in [3.63, 3.8) is 0 Å². The molecule has 1 N–H and O–H groups in total. The summed E-state index contributed by atoms with van der Waals surface area (Å²) < 4.78 is 10.9. The Labute approximate surface area is 203 Å². The van der Waals surface area contributed by atoms with Crippen molar-refractivity contribution in [3.8, 4) is 5.75 Å². The molecule has 3 aromatic rings. The number of benzene rings is 2. The number of aliphatic hydroxyl groups excluding tert-OH is 1. The minimum atomic E-state index is -0.810. The smallest absolute Gasteiger partial charge is 0.296 e. The Hall–Kier alpha value is -3.51. The number of halogens is 1. The lowest BCUT2D eigenvalue weighted by Crippen LogP contribution is -2.29. The Morgan fingerprint density at radius 3 is 2.47 bits per heavy atom. The Morgan fingerprint density at radius 1 is 1.18 bits per heavy atom. The average Bonchev–Trinajstić information content (AvgIpc) is 3.40. The molecule has 0 radical (unpaired) electrons. The van der Waals surface area contributed by atoms with Gasteiger partial charge in [0.05, 0.1) is 42.1 Å². The molecule has 1 saturated heterocycles. The van der Waals surface area contributed by atoms with Crippen LogP contribution in [-0.2, 0) is 16.1 Å². The van der Waals surface area contributed by atoms with Crippen molar-refractivity contribution in [2.75, 3.05) is 7.11 Å². The fourth-order valence-electron chi connectivity index (χ4n) is 4.28. The first-order valence-electron chi connectivity index (χ1n) is 11.0. The summed E-state index contributed by atoms with van der Waals surface area (Å²) in [5, 5.41) is 11.7. The summed E-state index contributed by atoms with van der Waals surface area (Å²) in [5.74, 6) is -0.740. The first-order chi connectivity index (χ1) is 16.2. The quantitative estimate of drug-likeness (QED) is 0.266. The molecule has 0 spiro atoms. The molecule has 2 heterocycles. The molecule has 1 fully saturated rings. The number of ketones is 1. The number of furan rings is 1. The summed E-state index contributed by atoms with van der Waals surface area (Å²) in [6, 6.07) is 13.7. The van der Waals surface area contributed by atoms with Gasteiger partial charge in [-0.05, 0) is 53.8 Å². The van der Waals surface area contributed by atoms with Gasteiger partial charge in [-0.2, -0.15) is 0 Å². The molecule has 1 amide bonds. The molecule has 0 saturated carbocycles. The number of amides is 1. The molecule has 6 nitrogen and oxygen atoms in total. The Kier molecular flexibility index (Phi) is 6.53. The van der Waals surface area contributed by atoms with E-state index in [1.54, 1.807) is 24.3 Å². The summed E-state index contributed by atoms with van der Waals surface area (Å²) >= 11 is 6.34. The molecule has 4 rings (SSSR count). The molecule has 34 heavy (non-hydrogen) atoms. The van der Waals surface area contributed by atoms with Gasteiger partial charge in [0.1, 0.15) is 17.3 Å². The molecule has 2 aromatic carbocycles. The molecule has 176 valence electrons. The summed E-state index contributed by atoms with van der Waals surface area (Å²) in [6.45, 7) is 6.08. The van der Waals surface area contributed by atoms with E-state index in [9.17, 15) is 14.7 Å². The van der Waals surface area contributed by atoms with E-state index in [0.717, 1.165) is 11.1 Å². The van der Waals surface area contributed by atoms with E-state index in [1.165, 1.54) is 18.3 Å². The first-order valence-corrected chi connectivity index (χ1v) is 11.4. The highest BCUT2D eigenvalue weighted by Gasteiger charge is 2.46. The predicted molar refractivity (Wildman–Crippen MR) is 130 cm³/mol. The summed E-state index contributed by atoms with van der Waals surface area (Å²) in [5.41, 5.74) is 2.84. The van der Waals surface area contributed by atoms with Gasteiger partial charge in [-0.25, -0.2) is 0 Å². The van der Waals surface area contributed by atoms with Crippen molar-refractivity contribution in [2.24, 2.45) is 0 Å². The second-order valence-corrected chi connectivity index (χ2v) is 9.06. The Balaban J connectivity index is 1.92. The zero-order valence-electron chi connectivity index (χ0n) is 19.5. The number of carbonyl (C=O) groups excluding carboxylic acids is 2. The fraction of sp³-hybridized carbons (Fsp3) is 0.259. The van der Waals surface area contributed by atoms with Gasteiger partial charge >= 0.3 is 0 Å². The van der Waals surface area contributed by atoms with Crippen LogP contribution in [0.25, 0.3) is 5.76 Å². The third-order valence-corrected chi connectivity index (χ3v) is 6.29. The highest BCUT2D eigenvalue weighted by molar-refractivity contribution is 6.46. The minimum Gasteiger partial charge on any atom is -0.507 e. The van der Waals surface area contributed by atoms with E-state index >= 15 is 0 Å². The van der Waals surface area contributed by atoms with Crippen LogP contribution in [-0.4, -0.2) is 28.8 Å². The third-order valence-electron chi connectivity index (χ3n) is 6.01. The lowest BCUT2D eigenvalue weighted by molar-refractivity contribution is -0.140. The van der Waals surface area contributed by atoms with Crippen molar-refractivity contribution in [2.45, 2.75) is 39.3 Å². The van der Waals surface area contributed by atoms with E-state index < -0.39 is 17.7 Å². The van der Waals surface area contributed by atoms with Gasteiger partial charge in [0.25, 0.3) is 11.7 Å². The van der Waals surface area contributed by atoms with Crippen LogP contribution in [0.2, 0.25) is 5.02 Å². The van der Waals surface area contributed by atoms with E-state index in [2.05, 4.69) is 13.8 Å². The number of methoxy groups -OCH3 is 1. The Bertz CT molecular complexity index is 1260. The second-order valence-electron chi connectivity index (χ2n) is 8.66. The topological polar surface area (TPSA) is 80.0 Å². The number of aryl methyl sites for hydroxylation is 1. The van der Waals surface area contributed by atoms with Gasteiger partial charge in [-0.1, -0.05) is 49.7 Å². The van der Waals surface area contributed by atoms with Gasteiger partial charge in [0.15, 0.2) is 0 Å². The lowest BCUT2D eigenvalue weighted by Gasteiger charge is -2.25. The number of Topliss-reactive ketones (excluding diaryl/α,β-unsaturated/α-hetero) is 1. The number of carbonyl (C=O) groups is 2. The molecular formula is C27H26ClNO5. The first kappa shape index (κ1) is 23.6. The zero-order chi connectivity index (χ0) is 24.6. The average molecular weight is 480 g/mol. The molecule has 1 aliphatic heterocycles. The molecule has 1 aliphatic rings. The Morgan fingerprint density at radius 2 is 1.88 bits per heavy atom. The maximum Gasteiger partial charge on any atom is 0.296 e. The number of aliphatic hydroxyl groups is 1. The normalized spacial score (nSPS) is 17.6. The van der Waals surface area contributed by atoms with E-state index in [-0.39, 0.29) is 29.2 Å². The highest BCUT2D eigenvalue weighted by atomic mass is 35.5. The van der Waals surface area contributed by atoms with Crippen molar-refractivity contribution in [1.82, 2.24) is 4.90 Å². The standard InChI is InChI=1S/C27H26ClNO5/c1-15(2)17-7-9-18(10-8-17)23-22(24(30)20-12-16(3)13-21(28)26(20)33-4)25(31)27(32)29(23)14-19-6-5-11-34-19/h5-13,15,23,30H,14H2,1-4H3/b24-22+. The number of ether oxygens (including phenoxy) is 1. The third kappa shape index (κ3) is 4.21. The van der Waals surface area contributed by atoms with Crippen LogP contribution in [0.5, 0.6) is 5.75 Å². The number of hydrogen-bond donors (Lipinski definition) is 1. The summed E-state index contributed by atoms with van der Waals surface area (Å²) in [4.78, 5) is 27.8. The maximum absolute atomic E-state index is 13.3. The number of nitrogens with zero attached hydrogens (tertiary/aromatic N) is 1. The van der Waals surface area contributed by atoms with Crippen LogP contribution in [0.15, 0.2) is 64.8 Å². The maximum atomic E-state index is 13.3. The highest BCUT2D eigenvalue weighted by Crippen LogP contribution is 2.43. The van der Waals surface area contributed by atoms with E-state index in [4.69, 9.17) is 20.8 Å². The molecule has 7 heteroatoms. The minimum absolute atomic E-state index is 0.0196. The van der Waals surface area contributed by atoms with Crippen molar-refractivity contribution < 1.29 is 23.8 Å². The monoisotopic (exact) mass is 479 g/mol. The number of likely N-dealkylation sites (tertiary alicyclic amines) is 1. The molecule has 1 atom stereocenters. The van der Waals surface area contributed by atoms with Crippen LogP contribution < -0.4 is 4.74 Å². The summed E-state index contributed by atoms with van der Waals surface area (Å²) in [6.07, 6.45) is 1.51. The van der Waals surface area contributed by atoms with Crippen LogP contribution in [0, 0.1) is 6.92 Å². The lowest BCUT2D eigenvalue weighted by atomic mass is 9.92. The fourth-order valence-corrected chi connectivity index (χ4v) is 4.63. The van der Waals surface area contributed by atoms with Gasteiger partial charge in [-0.15, -0.1) is 0 Å². The van der Waals surface area contributed by atoms with Crippen molar-refractivity contribution in [3.05, 3.63) is 93.4 Å². The number of rotatable bonds is 6. The van der Waals surface area contributed by atoms with E-state index in [1.807, 2.05) is 31.2 Å². The van der Waals surface area contributed by atoms with Gasteiger partial charge in [0.2, 0.25) is 0 Å². The predicted octanol–water partition coefficient (Wildman–Crippen LogP) is 6.00. The van der Waals surface area contributed by atoms with Crippen LogP contribution in [0.1, 0.15) is 53.8 Å². The van der Waals surface area contributed by atoms with Crippen LogP contribution in [0.3, 0.4) is 0 Å². The van der Waals surface area contributed by atoms with Crippen LogP contribution >= 0.6 is 11.6 Å². The van der Waals surface area contributed by atoms with Crippen molar-refractivity contribution >= 4 is 29.1 Å². The second kappa shape index (κ2) is 9.39. The van der Waals surface area contributed by atoms with Gasteiger partial charge < -0.3 is 19.2 Å². The van der Waals surface area contributed by atoms with Gasteiger partial charge in [-0.3, -0.25) is 9.59 Å². The largest absolute Gasteiger partial charge is 0.507 e. The molecule has 1 unspecified atom stereocenters. The van der Waals surface area contributed by atoms with Crippen molar-refractivity contribution in [1.29, 1.82) is 0 Å². The molecule has 0 bridgehead atoms. The molecular weight excluding hydrogens is 454 g/mol. The van der Waals surface area contributed by atoms with Crippen LogP contribution in [0.4, 0.5) is 0 Å². The molecule has 1 aromatic heterocycles. The number of hydrogen-bond acceptors (Lipinski definition) is 5. The molecule has 0 aliphatic carbocycles. The summed E-state index contributed by atoms with van der Waals surface area (Å²) in [7, 11) is 1.44. The van der Waals surface area contributed by atoms with E-state index in [0.29, 0.717) is 22.3 Å².